The number of nitrogens with zero attached hydrogens (tertiary/aromatic N) is 1. The average Bonchev–Trinajstić information content (AvgIpc) is 3.50. The first-order valence-electron chi connectivity index (χ1n) is 18.0. The second-order valence-corrected chi connectivity index (χ2v) is 13.2. The van der Waals surface area contributed by atoms with Gasteiger partial charge in [-0.1, -0.05) is 49.4 Å². The number of rotatable bonds is 14. The Kier molecular flexibility index (Phi) is 11.7. The van der Waals surface area contributed by atoms with Gasteiger partial charge >= 0.3 is 0 Å². The Labute approximate surface area is 312 Å². The molecule has 0 spiro atoms. The number of phenolic OH excluding ortho intramolecular Hbond substituents is 2. The number of carbonyl (C=O) groups excluding carboxylic acids is 5. The molecule has 4 aromatic carbocycles. The molecule has 2 heterocycles. The fourth-order valence-corrected chi connectivity index (χ4v) is 6.82. The van der Waals surface area contributed by atoms with Crippen LogP contribution in [-0.2, 0) is 25.7 Å². The molecular formula is C42H42N4O8. The predicted molar refractivity (Wildman–Crippen MR) is 202 cm³/mol. The van der Waals surface area contributed by atoms with E-state index in [4.69, 9.17) is 4.74 Å². The van der Waals surface area contributed by atoms with Gasteiger partial charge in [0.15, 0.2) is 0 Å². The number of carbonyl (C=O) groups is 5. The van der Waals surface area contributed by atoms with Crippen LogP contribution in [0.2, 0.25) is 0 Å². The van der Waals surface area contributed by atoms with E-state index in [2.05, 4.69) is 22.9 Å². The number of hydrogen-bond acceptors (Lipinski definition) is 8. The molecule has 1 fully saturated rings. The molecule has 0 bridgehead atoms. The Morgan fingerprint density at radius 3 is 2.11 bits per heavy atom. The number of piperidine rings is 1. The summed E-state index contributed by atoms with van der Waals surface area (Å²) >= 11 is 0. The van der Waals surface area contributed by atoms with Crippen molar-refractivity contribution in [3.8, 4) is 17.2 Å². The zero-order valence-electron chi connectivity index (χ0n) is 29.9. The third-order valence-corrected chi connectivity index (χ3v) is 9.53. The Bertz CT molecular complexity index is 2070. The molecule has 4 aromatic rings. The molecule has 278 valence electrons. The van der Waals surface area contributed by atoms with Crippen LogP contribution in [0.25, 0.3) is 11.1 Å². The van der Waals surface area contributed by atoms with Crippen LogP contribution in [0.5, 0.6) is 17.2 Å². The number of allylic oxidation sites excluding steroid dienone is 1. The minimum Gasteiger partial charge on any atom is -0.508 e. The predicted octanol–water partition coefficient (Wildman–Crippen LogP) is 5.53. The van der Waals surface area contributed by atoms with Gasteiger partial charge in [-0.2, -0.15) is 0 Å². The lowest BCUT2D eigenvalue weighted by molar-refractivity contribution is -0.137. The molecule has 54 heavy (non-hydrogen) atoms. The van der Waals surface area contributed by atoms with E-state index in [-0.39, 0.29) is 80.5 Å². The molecule has 0 aliphatic carbocycles. The van der Waals surface area contributed by atoms with Crippen LogP contribution < -0.4 is 20.7 Å². The topological polar surface area (TPSA) is 174 Å². The minimum atomic E-state index is -0.749. The summed E-state index contributed by atoms with van der Waals surface area (Å²) < 4.78 is 5.89. The number of nitrogens with one attached hydrogen (secondary N) is 3. The van der Waals surface area contributed by atoms with Gasteiger partial charge < -0.3 is 30.5 Å². The molecule has 0 saturated carbocycles. The lowest BCUT2D eigenvalue weighted by Crippen LogP contribution is -2.52. The van der Waals surface area contributed by atoms with Crippen LogP contribution in [0.3, 0.4) is 0 Å². The second kappa shape index (κ2) is 16.9. The molecular weight excluding hydrogens is 688 g/mol. The molecule has 1 unspecified atom stereocenters. The molecule has 12 heteroatoms. The average molecular weight is 731 g/mol. The molecule has 1 saturated heterocycles. The number of fused-ring (bicyclic) bond motifs is 1. The molecule has 1 atom stereocenters. The van der Waals surface area contributed by atoms with Crippen molar-refractivity contribution in [1.82, 2.24) is 15.5 Å². The number of anilines is 1. The highest BCUT2D eigenvalue weighted by atomic mass is 16.5. The quantitative estimate of drug-likeness (QED) is 0.0640. The van der Waals surface area contributed by atoms with Gasteiger partial charge in [-0.15, -0.1) is 0 Å². The van der Waals surface area contributed by atoms with Crippen LogP contribution >= 0.6 is 0 Å². The number of phenols is 2. The Morgan fingerprint density at radius 1 is 0.833 bits per heavy atom. The van der Waals surface area contributed by atoms with Crippen molar-refractivity contribution >= 4 is 46.4 Å². The van der Waals surface area contributed by atoms with Crippen molar-refractivity contribution in [2.45, 2.75) is 58.0 Å². The van der Waals surface area contributed by atoms with Crippen molar-refractivity contribution in [3.05, 3.63) is 119 Å². The van der Waals surface area contributed by atoms with E-state index in [9.17, 15) is 34.2 Å². The summed E-state index contributed by atoms with van der Waals surface area (Å²) in [5.74, 6) is -0.691. The number of imide groups is 1. The van der Waals surface area contributed by atoms with Crippen molar-refractivity contribution in [3.63, 3.8) is 0 Å². The summed E-state index contributed by atoms with van der Waals surface area (Å²) in [6.45, 7) is 2.74. The molecule has 2 aliphatic rings. The third-order valence-electron chi connectivity index (χ3n) is 9.53. The van der Waals surface area contributed by atoms with E-state index >= 15 is 0 Å². The van der Waals surface area contributed by atoms with Crippen molar-refractivity contribution in [2.75, 3.05) is 18.5 Å². The van der Waals surface area contributed by atoms with Crippen LogP contribution in [0.15, 0.2) is 91.0 Å². The molecule has 5 N–H and O–H groups in total. The molecule has 0 radical (unpaired) electrons. The Hall–Kier alpha value is -6.43. The molecule has 5 amide bonds. The highest BCUT2D eigenvalue weighted by molar-refractivity contribution is 6.07. The van der Waals surface area contributed by atoms with Crippen LogP contribution in [0.1, 0.15) is 78.1 Å². The number of benzene rings is 4. The van der Waals surface area contributed by atoms with Crippen LogP contribution in [0, 0.1) is 0 Å². The van der Waals surface area contributed by atoms with Gasteiger partial charge in [0.1, 0.15) is 29.9 Å². The zero-order chi connectivity index (χ0) is 38.2. The number of ether oxygens (including phenoxy) is 1. The van der Waals surface area contributed by atoms with Gasteiger partial charge in [0.05, 0.1) is 6.54 Å². The second-order valence-electron chi connectivity index (χ2n) is 13.2. The minimum absolute atomic E-state index is 0.0950. The summed E-state index contributed by atoms with van der Waals surface area (Å²) in [6.07, 6.45) is 1.69. The van der Waals surface area contributed by atoms with E-state index in [1.807, 2.05) is 48.5 Å². The van der Waals surface area contributed by atoms with Gasteiger partial charge in [-0.05, 0) is 95.6 Å². The van der Waals surface area contributed by atoms with Gasteiger partial charge in [0, 0.05) is 42.6 Å². The number of hydrogen-bond donors (Lipinski definition) is 5. The summed E-state index contributed by atoms with van der Waals surface area (Å²) in [6, 6.07) is 26.1. The lowest BCUT2D eigenvalue weighted by Gasteiger charge is -2.29. The fourth-order valence-electron chi connectivity index (χ4n) is 6.82. The molecule has 12 nitrogen and oxygen atoms in total. The highest BCUT2D eigenvalue weighted by Crippen LogP contribution is 2.36. The molecule has 2 aliphatic heterocycles. The smallest absolute Gasteiger partial charge is 0.255 e. The molecule has 0 aromatic heterocycles. The summed E-state index contributed by atoms with van der Waals surface area (Å²) in [5.41, 5.74) is 6.43. The van der Waals surface area contributed by atoms with Crippen molar-refractivity contribution in [1.29, 1.82) is 0 Å². The Morgan fingerprint density at radius 2 is 1.46 bits per heavy atom. The number of aromatic hydroxyl groups is 2. The standard InChI is InChI=1S/C42H42N4O8/c1-2-32(26-9-15-29(47)16-10-26)40(27-11-17-30(48)18-12-27)28-13-19-31(20-14-28)54-24-23-43-37(49)7-4-8-38(50)44-35-6-3-5-33-34(35)25-46(42(33)53)36-21-22-39(51)45-41(36)52/h3,5-6,9-20,36,47-48H,2,4,7-8,21-25H2,1H3,(H,43,49)(H,44,50)(H,45,51,52). The lowest BCUT2D eigenvalue weighted by atomic mass is 9.88. The third kappa shape index (κ3) is 8.77. The highest BCUT2D eigenvalue weighted by Gasteiger charge is 2.40. The van der Waals surface area contributed by atoms with Gasteiger partial charge in [-0.25, -0.2) is 0 Å². The fraction of sp³-hybridized carbons (Fsp3) is 0.262. The SMILES string of the molecule is CCC(=C(c1ccc(O)cc1)c1ccc(OCCNC(=O)CCCC(=O)Nc2cccc3c2CN(C2CCC(=O)NC2=O)C3=O)cc1)c1ccc(O)cc1. The maximum Gasteiger partial charge on any atom is 0.255 e. The first-order valence-corrected chi connectivity index (χ1v) is 18.0. The summed E-state index contributed by atoms with van der Waals surface area (Å²) in [5, 5.41) is 27.7. The maximum atomic E-state index is 13.1. The van der Waals surface area contributed by atoms with Crippen LogP contribution in [-0.4, -0.2) is 63.8 Å². The first-order chi connectivity index (χ1) is 26.1. The molecule has 6 rings (SSSR count). The zero-order valence-corrected chi connectivity index (χ0v) is 29.9. The van der Waals surface area contributed by atoms with Gasteiger partial charge in [0.2, 0.25) is 23.6 Å². The van der Waals surface area contributed by atoms with E-state index < -0.39 is 11.9 Å². The maximum absolute atomic E-state index is 13.1. The van der Waals surface area contributed by atoms with E-state index in [0.29, 0.717) is 29.0 Å². The van der Waals surface area contributed by atoms with Crippen molar-refractivity contribution in [2.24, 2.45) is 0 Å². The normalized spacial score (nSPS) is 15.6. The van der Waals surface area contributed by atoms with E-state index in [1.54, 1.807) is 42.5 Å². The van der Waals surface area contributed by atoms with E-state index in [1.165, 1.54) is 4.90 Å². The summed E-state index contributed by atoms with van der Waals surface area (Å²) in [4.78, 5) is 63.7. The summed E-state index contributed by atoms with van der Waals surface area (Å²) in [7, 11) is 0. The van der Waals surface area contributed by atoms with Gasteiger partial charge in [-0.3, -0.25) is 29.3 Å². The van der Waals surface area contributed by atoms with E-state index in [0.717, 1.165) is 34.3 Å². The largest absolute Gasteiger partial charge is 0.508 e. The number of amides is 5. The van der Waals surface area contributed by atoms with Crippen LogP contribution in [0.4, 0.5) is 5.69 Å². The van der Waals surface area contributed by atoms with Crippen molar-refractivity contribution < 1.29 is 38.9 Å². The van der Waals surface area contributed by atoms with Gasteiger partial charge in [0.25, 0.3) is 5.91 Å². The Balaban J connectivity index is 0.964. The monoisotopic (exact) mass is 730 g/mol. The first kappa shape index (κ1) is 37.3.